The van der Waals surface area contributed by atoms with E-state index in [1.54, 1.807) is 0 Å². The van der Waals surface area contributed by atoms with E-state index in [0.717, 1.165) is 0 Å². The van der Waals surface area contributed by atoms with Crippen LogP contribution in [0.3, 0.4) is 0 Å². The number of aliphatic hydroxyl groups excluding tert-OH is 1. The van der Waals surface area contributed by atoms with E-state index in [0.29, 0.717) is 32.4 Å². The van der Waals surface area contributed by atoms with Gasteiger partial charge in [0, 0.05) is 13.2 Å². The summed E-state index contributed by atoms with van der Waals surface area (Å²) in [5, 5.41) is 11.9. The van der Waals surface area contributed by atoms with Crippen molar-refractivity contribution in [3.8, 4) is 0 Å². The number of hydrogen-bond acceptors (Lipinski definition) is 3. The molecular weight excluding hydrogens is 206 g/mol. The molecule has 0 aromatic carbocycles. The lowest BCUT2D eigenvalue weighted by molar-refractivity contribution is -0.109. The molecular formula is C12H27NO3. The van der Waals surface area contributed by atoms with Crippen LogP contribution >= 0.6 is 0 Å². The third-order valence-corrected chi connectivity index (χ3v) is 1.69. The van der Waals surface area contributed by atoms with Gasteiger partial charge in [-0.3, -0.25) is 4.79 Å². The second-order valence-corrected chi connectivity index (χ2v) is 4.26. The lowest BCUT2D eigenvalue weighted by Gasteiger charge is -2.20. The van der Waals surface area contributed by atoms with Crippen LogP contribution in [-0.4, -0.2) is 36.4 Å². The first-order valence-corrected chi connectivity index (χ1v) is 5.95. The summed E-state index contributed by atoms with van der Waals surface area (Å²) in [6.07, 6.45) is 1.42. The topological polar surface area (TPSA) is 58.6 Å². The molecule has 1 unspecified atom stereocenters. The highest BCUT2D eigenvalue weighted by Gasteiger charge is 2.11. The largest absolute Gasteiger partial charge is 0.393 e. The van der Waals surface area contributed by atoms with Crippen molar-refractivity contribution in [3.63, 3.8) is 0 Å². The fourth-order valence-electron chi connectivity index (χ4n) is 0.954. The van der Waals surface area contributed by atoms with Crippen molar-refractivity contribution in [2.75, 3.05) is 13.2 Å². The second kappa shape index (κ2) is 10.9. The third kappa shape index (κ3) is 15.8. The minimum absolute atomic E-state index is 0.152. The van der Waals surface area contributed by atoms with Gasteiger partial charge in [-0.15, -0.1) is 0 Å². The predicted molar refractivity (Wildman–Crippen MR) is 66.4 cm³/mol. The number of carbonyl (C=O) groups is 1. The minimum Gasteiger partial charge on any atom is -0.393 e. The van der Waals surface area contributed by atoms with Crippen LogP contribution in [0, 0.1) is 0 Å². The monoisotopic (exact) mass is 233 g/mol. The maximum absolute atomic E-state index is 9.91. The number of aliphatic hydroxyl groups is 1. The number of rotatable bonds is 7. The summed E-state index contributed by atoms with van der Waals surface area (Å²) < 4.78 is 5.46. The van der Waals surface area contributed by atoms with Crippen molar-refractivity contribution in [2.24, 2.45) is 0 Å². The van der Waals surface area contributed by atoms with E-state index >= 15 is 0 Å². The van der Waals surface area contributed by atoms with Crippen LogP contribution in [0.15, 0.2) is 0 Å². The summed E-state index contributed by atoms with van der Waals surface area (Å²) in [6.45, 7) is 11.0. The standard InChI is InChI=1S/C10H21NO3.C2H6/c1-10(2,3)14-7-5-9(13)4-6-11-8-12;1-2/h8-9,13H,4-7H2,1-3H3,(H,11,12);1-2H3. The number of nitrogens with one attached hydrogen (secondary N) is 1. The van der Waals surface area contributed by atoms with Gasteiger partial charge in [0.05, 0.1) is 11.7 Å². The van der Waals surface area contributed by atoms with Gasteiger partial charge in [0.15, 0.2) is 0 Å². The van der Waals surface area contributed by atoms with Gasteiger partial charge in [-0.05, 0) is 33.6 Å². The third-order valence-electron chi connectivity index (χ3n) is 1.69. The molecule has 0 fully saturated rings. The van der Waals surface area contributed by atoms with Crippen molar-refractivity contribution < 1.29 is 14.6 Å². The van der Waals surface area contributed by atoms with E-state index < -0.39 is 6.10 Å². The first kappa shape index (κ1) is 17.8. The van der Waals surface area contributed by atoms with E-state index in [4.69, 9.17) is 4.74 Å². The van der Waals surface area contributed by atoms with Crippen LogP contribution in [0.4, 0.5) is 0 Å². The zero-order chi connectivity index (χ0) is 13.0. The van der Waals surface area contributed by atoms with Gasteiger partial charge in [-0.25, -0.2) is 0 Å². The molecule has 0 saturated heterocycles. The Labute approximate surface area is 99.4 Å². The molecule has 1 atom stereocenters. The summed E-state index contributed by atoms with van der Waals surface area (Å²) >= 11 is 0. The van der Waals surface area contributed by atoms with Crippen molar-refractivity contribution in [1.82, 2.24) is 5.32 Å². The van der Waals surface area contributed by atoms with Gasteiger partial charge in [0.25, 0.3) is 0 Å². The second-order valence-electron chi connectivity index (χ2n) is 4.26. The molecule has 0 bridgehead atoms. The van der Waals surface area contributed by atoms with Gasteiger partial charge in [-0.1, -0.05) is 13.8 Å². The Morgan fingerprint density at radius 3 is 2.31 bits per heavy atom. The summed E-state index contributed by atoms with van der Waals surface area (Å²) in [7, 11) is 0. The van der Waals surface area contributed by atoms with E-state index in [2.05, 4.69) is 5.32 Å². The average Bonchev–Trinajstić information content (AvgIpc) is 2.19. The maximum Gasteiger partial charge on any atom is 0.207 e. The van der Waals surface area contributed by atoms with Crippen molar-refractivity contribution in [1.29, 1.82) is 0 Å². The Hall–Kier alpha value is -0.610. The molecule has 0 saturated carbocycles. The summed E-state index contributed by atoms with van der Waals surface area (Å²) in [4.78, 5) is 9.91. The van der Waals surface area contributed by atoms with Gasteiger partial charge in [-0.2, -0.15) is 0 Å². The van der Waals surface area contributed by atoms with E-state index in [1.165, 1.54) is 0 Å². The summed E-state index contributed by atoms with van der Waals surface area (Å²) in [5.41, 5.74) is -0.152. The van der Waals surface area contributed by atoms with E-state index in [-0.39, 0.29) is 5.60 Å². The van der Waals surface area contributed by atoms with Crippen LogP contribution in [0.5, 0.6) is 0 Å². The first-order valence-electron chi connectivity index (χ1n) is 5.95. The highest BCUT2D eigenvalue weighted by Crippen LogP contribution is 2.08. The van der Waals surface area contributed by atoms with Gasteiger partial charge >= 0.3 is 0 Å². The van der Waals surface area contributed by atoms with Crippen LogP contribution in [0.2, 0.25) is 0 Å². The molecule has 16 heavy (non-hydrogen) atoms. The molecule has 4 nitrogen and oxygen atoms in total. The molecule has 0 aromatic heterocycles. The summed E-state index contributed by atoms with van der Waals surface area (Å²) in [6, 6.07) is 0. The number of carbonyl (C=O) groups excluding carboxylic acids is 1. The smallest absolute Gasteiger partial charge is 0.207 e. The quantitative estimate of drug-likeness (QED) is 0.520. The highest BCUT2D eigenvalue weighted by atomic mass is 16.5. The Kier molecular flexibility index (Phi) is 12.1. The van der Waals surface area contributed by atoms with Gasteiger partial charge in [0.1, 0.15) is 0 Å². The van der Waals surface area contributed by atoms with Crippen LogP contribution in [0.25, 0.3) is 0 Å². The Morgan fingerprint density at radius 1 is 1.31 bits per heavy atom. The minimum atomic E-state index is -0.398. The molecule has 0 aromatic rings. The lowest BCUT2D eigenvalue weighted by atomic mass is 10.1. The molecule has 0 aliphatic heterocycles. The molecule has 0 heterocycles. The van der Waals surface area contributed by atoms with Gasteiger partial charge in [0.2, 0.25) is 6.41 Å². The lowest BCUT2D eigenvalue weighted by Crippen LogP contribution is -2.24. The Balaban J connectivity index is 0. The molecule has 1 amide bonds. The van der Waals surface area contributed by atoms with E-state index in [1.807, 2.05) is 34.6 Å². The first-order chi connectivity index (χ1) is 7.45. The normalized spacial score (nSPS) is 12.4. The van der Waals surface area contributed by atoms with Crippen molar-refractivity contribution in [3.05, 3.63) is 0 Å². The SMILES string of the molecule is CC.CC(C)(C)OCCC(O)CCNC=O. The molecule has 0 aliphatic rings. The van der Waals surface area contributed by atoms with Crippen molar-refractivity contribution >= 4 is 6.41 Å². The molecule has 0 aliphatic carbocycles. The highest BCUT2D eigenvalue weighted by molar-refractivity contribution is 5.45. The number of amides is 1. The molecule has 4 heteroatoms. The van der Waals surface area contributed by atoms with E-state index in [9.17, 15) is 9.90 Å². The van der Waals surface area contributed by atoms with Crippen LogP contribution in [0.1, 0.15) is 47.5 Å². The van der Waals surface area contributed by atoms with Gasteiger partial charge < -0.3 is 15.2 Å². The Bertz CT molecular complexity index is 155. The zero-order valence-electron chi connectivity index (χ0n) is 11.2. The fraction of sp³-hybridized carbons (Fsp3) is 0.917. The zero-order valence-corrected chi connectivity index (χ0v) is 11.2. The Morgan fingerprint density at radius 2 is 1.88 bits per heavy atom. The number of ether oxygens (including phenoxy) is 1. The average molecular weight is 233 g/mol. The molecule has 0 rings (SSSR count). The molecule has 2 N–H and O–H groups in total. The maximum atomic E-state index is 9.91. The number of hydrogen-bond donors (Lipinski definition) is 2. The predicted octanol–water partition coefficient (Wildman–Crippen LogP) is 1.71. The molecule has 0 spiro atoms. The van der Waals surface area contributed by atoms with Crippen LogP contribution in [-0.2, 0) is 9.53 Å². The fourth-order valence-corrected chi connectivity index (χ4v) is 0.954. The molecule has 0 radical (unpaired) electrons. The van der Waals surface area contributed by atoms with Crippen molar-refractivity contribution in [2.45, 2.75) is 59.2 Å². The summed E-state index contributed by atoms with van der Waals surface area (Å²) in [5.74, 6) is 0. The molecule has 98 valence electrons. The van der Waals surface area contributed by atoms with Crippen LogP contribution < -0.4 is 5.32 Å².